The Morgan fingerprint density at radius 3 is 2.83 bits per heavy atom. The Kier molecular flexibility index (Phi) is 3.78. The molecular weight excluding hydrogens is 312 g/mol. The minimum absolute atomic E-state index is 0.666. The first-order valence-electron chi connectivity index (χ1n) is 7.47. The molecule has 0 N–H and O–H groups in total. The van der Waals surface area contributed by atoms with Crippen LogP contribution in [0, 0.1) is 6.92 Å². The van der Waals surface area contributed by atoms with E-state index in [1.165, 1.54) is 0 Å². The van der Waals surface area contributed by atoms with E-state index in [0.29, 0.717) is 5.76 Å². The van der Waals surface area contributed by atoms with Crippen LogP contribution in [0.25, 0.3) is 22.6 Å². The van der Waals surface area contributed by atoms with E-state index >= 15 is 0 Å². The largest absolute Gasteiger partial charge is 0.472 e. The van der Waals surface area contributed by atoms with Crippen LogP contribution in [0.3, 0.4) is 0 Å². The molecule has 0 spiro atoms. The van der Waals surface area contributed by atoms with Crippen LogP contribution in [0.4, 0.5) is 5.95 Å². The Bertz CT molecular complexity index is 794. The second kappa shape index (κ2) is 6.08. The smallest absolute Gasteiger partial charge is 0.225 e. The standard InChI is InChI=1S/C16H16N4O2S/c1-11-8-14(22-19-11)13-9-17-16(20-3-6-23-7-4-20)18-15(13)12-2-5-21-10-12/h2,5,8-10H,3-4,6-7H2,1H3. The summed E-state index contributed by atoms with van der Waals surface area (Å²) in [5.41, 5.74) is 3.36. The molecule has 1 aliphatic rings. The molecule has 0 unspecified atom stereocenters. The lowest BCUT2D eigenvalue weighted by Crippen LogP contribution is -2.33. The topological polar surface area (TPSA) is 68.2 Å². The predicted molar refractivity (Wildman–Crippen MR) is 89.5 cm³/mol. The van der Waals surface area contributed by atoms with Crippen LogP contribution < -0.4 is 4.90 Å². The maximum atomic E-state index is 5.40. The Balaban J connectivity index is 1.80. The maximum absolute atomic E-state index is 5.40. The molecule has 1 saturated heterocycles. The lowest BCUT2D eigenvalue weighted by molar-refractivity contribution is 0.427. The minimum atomic E-state index is 0.666. The first-order chi connectivity index (χ1) is 11.3. The van der Waals surface area contributed by atoms with Gasteiger partial charge < -0.3 is 13.8 Å². The third-order valence-electron chi connectivity index (χ3n) is 3.76. The summed E-state index contributed by atoms with van der Waals surface area (Å²) in [4.78, 5) is 11.5. The van der Waals surface area contributed by atoms with E-state index in [9.17, 15) is 0 Å². The average Bonchev–Trinajstić information content (AvgIpc) is 3.27. The molecule has 3 aromatic heterocycles. The zero-order chi connectivity index (χ0) is 15.6. The van der Waals surface area contributed by atoms with Gasteiger partial charge in [-0.2, -0.15) is 11.8 Å². The van der Waals surface area contributed by atoms with E-state index in [-0.39, 0.29) is 0 Å². The molecule has 0 bridgehead atoms. The predicted octanol–water partition coefficient (Wildman–Crippen LogP) is 3.25. The first kappa shape index (κ1) is 14.3. The van der Waals surface area contributed by atoms with Gasteiger partial charge in [0.05, 0.1) is 29.5 Å². The molecule has 0 saturated carbocycles. The number of hydrogen-bond donors (Lipinski definition) is 0. The van der Waals surface area contributed by atoms with Crippen molar-refractivity contribution in [3.63, 3.8) is 0 Å². The van der Waals surface area contributed by atoms with Gasteiger partial charge in [0.1, 0.15) is 0 Å². The van der Waals surface area contributed by atoms with E-state index in [1.807, 2.05) is 37.0 Å². The zero-order valence-corrected chi connectivity index (χ0v) is 13.5. The summed E-state index contributed by atoms with van der Waals surface area (Å²) in [6.07, 6.45) is 5.14. The molecule has 0 amide bonds. The quantitative estimate of drug-likeness (QED) is 0.731. The Labute approximate surface area is 137 Å². The fourth-order valence-corrected chi connectivity index (χ4v) is 3.48. The van der Waals surface area contributed by atoms with Gasteiger partial charge in [0.25, 0.3) is 0 Å². The first-order valence-corrected chi connectivity index (χ1v) is 8.63. The van der Waals surface area contributed by atoms with Crippen LogP contribution >= 0.6 is 11.8 Å². The molecule has 4 heterocycles. The van der Waals surface area contributed by atoms with Gasteiger partial charge in [-0.05, 0) is 13.0 Å². The highest BCUT2D eigenvalue weighted by Gasteiger charge is 2.19. The van der Waals surface area contributed by atoms with Crippen molar-refractivity contribution in [2.75, 3.05) is 29.5 Å². The summed E-state index contributed by atoms with van der Waals surface area (Å²) in [7, 11) is 0. The van der Waals surface area contributed by atoms with E-state index in [0.717, 1.165) is 53.1 Å². The number of aryl methyl sites for hydroxylation is 1. The van der Waals surface area contributed by atoms with Gasteiger partial charge >= 0.3 is 0 Å². The highest BCUT2D eigenvalue weighted by Crippen LogP contribution is 2.32. The van der Waals surface area contributed by atoms with Crippen LogP contribution in [0.2, 0.25) is 0 Å². The van der Waals surface area contributed by atoms with Crippen molar-refractivity contribution in [3.05, 3.63) is 36.5 Å². The van der Waals surface area contributed by atoms with Crippen LogP contribution in [0.1, 0.15) is 5.69 Å². The third-order valence-corrected chi connectivity index (χ3v) is 4.70. The summed E-state index contributed by atoms with van der Waals surface area (Å²) < 4.78 is 10.6. The molecule has 3 aromatic rings. The summed E-state index contributed by atoms with van der Waals surface area (Å²) in [5.74, 6) is 3.63. The van der Waals surface area contributed by atoms with Gasteiger partial charge in [-0.15, -0.1) is 0 Å². The van der Waals surface area contributed by atoms with E-state index < -0.39 is 0 Å². The van der Waals surface area contributed by atoms with E-state index in [2.05, 4.69) is 15.0 Å². The fourth-order valence-electron chi connectivity index (χ4n) is 2.58. The molecule has 7 heteroatoms. The molecular formula is C16H16N4O2S. The second-order valence-corrected chi connectivity index (χ2v) is 6.60. The normalized spacial score (nSPS) is 15.1. The van der Waals surface area contributed by atoms with Gasteiger partial charge in [0.2, 0.25) is 5.95 Å². The number of nitrogens with zero attached hydrogens (tertiary/aromatic N) is 4. The van der Waals surface area contributed by atoms with Crippen molar-refractivity contribution in [2.45, 2.75) is 6.92 Å². The number of aromatic nitrogens is 3. The van der Waals surface area contributed by atoms with Crippen molar-refractivity contribution < 1.29 is 8.94 Å². The van der Waals surface area contributed by atoms with Gasteiger partial charge in [0.15, 0.2) is 5.76 Å². The number of hydrogen-bond acceptors (Lipinski definition) is 7. The van der Waals surface area contributed by atoms with Crippen molar-refractivity contribution in [1.82, 2.24) is 15.1 Å². The second-order valence-electron chi connectivity index (χ2n) is 5.38. The molecule has 6 nitrogen and oxygen atoms in total. The molecule has 1 fully saturated rings. The highest BCUT2D eigenvalue weighted by atomic mass is 32.2. The van der Waals surface area contributed by atoms with Crippen molar-refractivity contribution >= 4 is 17.7 Å². The van der Waals surface area contributed by atoms with Gasteiger partial charge in [-0.1, -0.05) is 5.16 Å². The molecule has 1 aliphatic heterocycles. The van der Waals surface area contributed by atoms with Crippen molar-refractivity contribution in [2.24, 2.45) is 0 Å². The number of rotatable bonds is 3. The van der Waals surface area contributed by atoms with Crippen molar-refractivity contribution in [3.8, 4) is 22.6 Å². The summed E-state index contributed by atoms with van der Waals surface area (Å²) in [6.45, 7) is 3.83. The Morgan fingerprint density at radius 1 is 1.26 bits per heavy atom. The van der Waals surface area contributed by atoms with Crippen molar-refractivity contribution in [1.29, 1.82) is 0 Å². The Hall–Kier alpha value is -2.28. The minimum Gasteiger partial charge on any atom is -0.472 e. The fraction of sp³-hybridized carbons (Fsp3) is 0.312. The van der Waals surface area contributed by atoms with E-state index in [1.54, 1.807) is 12.5 Å². The van der Waals surface area contributed by atoms with Gasteiger partial charge in [0, 0.05) is 42.4 Å². The van der Waals surface area contributed by atoms with Gasteiger partial charge in [-0.25, -0.2) is 9.97 Å². The van der Waals surface area contributed by atoms with Crippen LogP contribution in [0.15, 0.2) is 39.8 Å². The molecule has 0 aromatic carbocycles. The number of thioether (sulfide) groups is 1. The molecule has 23 heavy (non-hydrogen) atoms. The molecule has 118 valence electrons. The maximum Gasteiger partial charge on any atom is 0.225 e. The molecule has 0 radical (unpaired) electrons. The van der Waals surface area contributed by atoms with Crippen LogP contribution in [-0.4, -0.2) is 39.7 Å². The van der Waals surface area contributed by atoms with Crippen LogP contribution in [0.5, 0.6) is 0 Å². The number of anilines is 1. The monoisotopic (exact) mass is 328 g/mol. The SMILES string of the molecule is Cc1cc(-c2cnc(N3CCSCC3)nc2-c2ccoc2)on1. The van der Waals surface area contributed by atoms with E-state index in [4.69, 9.17) is 13.9 Å². The third kappa shape index (κ3) is 2.84. The highest BCUT2D eigenvalue weighted by molar-refractivity contribution is 7.99. The lowest BCUT2D eigenvalue weighted by atomic mass is 10.1. The molecule has 4 rings (SSSR count). The Morgan fingerprint density at radius 2 is 2.13 bits per heavy atom. The summed E-state index contributed by atoms with van der Waals surface area (Å²) in [6, 6.07) is 3.78. The molecule has 0 aliphatic carbocycles. The zero-order valence-electron chi connectivity index (χ0n) is 12.7. The van der Waals surface area contributed by atoms with Crippen LogP contribution in [-0.2, 0) is 0 Å². The average molecular weight is 328 g/mol. The summed E-state index contributed by atoms with van der Waals surface area (Å²) >= 11 is 1.96. The summed E-state index contributed by atoms with van der Waals surface area (Å²) in [5, 5.41) is 3.96. The number of furan rings is 1. The van der Waals surface area contributed by atoms with Gasteiger partial charge in [-0.3, -0.25) is 0 Å². The molecule has 0 atom stereocenters. The lowest BCUT2D eigenvalue weighted by Gasteiger charge is -2.26.